The van der Waals surface area contributed by atoms with E-state index in [-0.39, 0.29) is 11.5 Å². The summed E-state index contributed by atoms with van der Waals surface area (Å²) in [6, 6.07) is 14.7. The van der Waals surface area contributed by atoms with Gasteiger partial charge in [0, 0.05) is 18.1 Å². The van der Waals surface area contributed by atoms with E-state index in [1.165, 1.54) is 6.92 Å². The van der Waals surface area contributed by atoms with Crippen molar-refractivity contribution >= 4 is 23.1 Å². The first-order chi connectivity index (χ1) is 10.0. The number of hydrogen-bond acceptors (Lipinski definition) is 2. The molecule has 0 aliphatic rings. The molecule has 2 rings (SSSR count). The average Bonchev–Trinajstić information content (AvgIpc) is 2.47. The van der Waals surface area contributed by atoms with E-state index < -0.39 is 5.97 Å². The molecule has 0 unspecified atom stereocenters. The predicted molar refractivity (Wildman–Crippen MR) is 82.9 cm³/mol. The van der Waals surface area contributed by atoms with Crippen molar-refractivity contribution in [2.45, 2.75) is 6.92 Å². The molecule has 0 aliphatic carbocycles. The molecule has 0 aliphatic heterocycles. The van der Waals surface area contributed by atoms with Crippen molar-refractivity contribution in [1.29, 1.82) is 0 Å². The highest BCUT2D eigenvalue weighted by molar-refractivity contribution is 6.18. The smallest absolute Gasteiger partial charge is 0.335 e. The van der Waals surface area contributed by atoms with E-state index in [1.54, 1.807) is 12.1 Å². The zero-order valence-corrected chi connectivity index (χ0v) is 11.6. The fourth-order valence-electron chi connectivity index (χ4n) is 2.09. The Morgan fingerprint density at radius 1 is 1.05 bits per heavy atom. The topological polar surface area (TPSA) is 66.4 Å². The molecule has 0 atom stereocenters. The molecule has 0 aromatic heterocycles. The van der Waals surface area contributed by atoms with Crippen LogP contribution in [0.5, 0.6) is 0 Å². The fraction of sp³-hybridized carbons (Fsp3) is 0.0588. The van der Waals surface area contributed by atoms with Crippen LogP contribution in [-0.2, 0) is 9.59 Å². The maximum Gasteiger partial charge on any atom is 0.335 e. The van der Waals surface area contributed by atoms with E-state index in [4.69, 9.17) is 5.11 Å². The minimum Gasteiger partial charge on any atom is -0.478 e. The van der Waals surface area contributed by atoms with Gasteiger partial charge >= 0.3 is 5.97 Å². The molecule has 0 radical (unpaired) electrons. The molecule has 0 saturated heterocycles. The van der Waals surface area contributed by atoms with Gasteiger partial charge in [-0.2, -0.15) is 0 Å². The Labute approximate surface area is 122 Å². The zero-order chi connectivity index (χ0) is 15.4. The van der Waals surface area contributed by atoms with Crippen molar-refractivity contribution in [2.24, 2.45) is 0 Å². The Kier molecular flexibility index (Phi) is 4.18. The SMILES string of the molecule is C=C(C(=O)O)c1cccc(-c2ccccc2)c1NC(C)=O. The van der Waals surface area contributed by atoms with Crippen LogP contribution in [0.1, 0.15) is 12.5 Å². The molecule has 2 N–H and O–H groups in total. The monoisotopic (exact) mass is 281 g/mol. The first-order valence-electron chi connectivity index (χ1n) is 6.39. The van der Waals surface area contributed by atoms with E-state index in [1.807, 2.05) is 36.4 Å². The number of rotatable bonds is 4. The van der Waals surface area contributed by atoms with Crippen molar-refractivity contribution in [2.75, 3.05) is 5.32 Å². The summed E-state index contributed by atoms with van der Waals surface area (Å²) in [5.74, 6) is -1.38. The van der Waals surface area contributed by atoms with Gasteiger partial charge in [0.05, 0.1) is 11.3 Å². The second-order valence-corrected chi connectivity index (χ2v) is 4.56. The van der Waals surface area contributed by atoms with Crippen LogP contribution in [-0.4, -0.2) is 17.0 Å². The van der Waals surface area contributed by atoms with Crippen LogP contribution in [0, 0.1) is 0 Å². The third-order valence-electron chi connectivity index (χ3n) is 3.03. The quantitative estimate of drug-likeness (QED) is 0.844. The first kappa shape index (κ1) is 14.5. The number of para-hydroxylation sites is 1. The third-order valence-corrected chi connectivity index (χ3v) is 3.03. The lowest BCUT2D eigenvalue weighted by atomic mass is 9.96. The Balaban J connectivity index is 2.65. The number of nitrogens with one attached hydrogen (secondary N) is 1. The maximum absolute atomic E-state index is 11.5. The normalized spacial score (nSPS) is 9.95. The van der Waals surface area contributed by atoms with Crippen molar-refractivity contribution in [3.05, 3.63) is 60.7 Å². The minimum atomic E-state index is -1.12. The number of carbonyl (C=O) groups excluding carboxylic acids is 1. The Bertz CT molecular complexity index is 705. The fourth-order valence-corrected chi connectivity index (χ4v) is 2.09. The lowest BCUT2D eigenvalue weighted by Crippen LogP contribution is -2.11. The van der Waals surface area contributed by atoms with Crippen LogP contribution in [0.3, 0.4) is 0 Å². The number of aliphatic carboxylic acids is 1. The van der Waals surface area contributed by atoms with Crippen LogP contribution < -0.4 is 5.32 Å². The van der Waals surface area contributed by atoms with Gasteiger partial charge in [0.25, 0.3) is 0 Å². The molecule has 0 bridgehead atoms. The predicted octanol–water partition coefficient (Wildman–Crippen LogP) is 3.41. The summed E-state index contributed by atoms with van der Waals surface area (Å²) in [7, 11) is 0. The molecule has 106 valence electrons. The van der Waals surface area contributed by atoms with Crippen LogP contribution >= 0.6 is 0 Å². The second kappa shape index (κ2) is 6.05. The standard InChI is InChI=1S/C17H15NO3/c1-11(17(20)21)14-9-6-10-15(16(14)18-12(2)19)13-7-4-3-5-8-13/h3-10H,1H2,2H3,(H,18,19)(H,20,21). The Morgan fingerprint density at radius 2 is 1.71 bits per heavy atom. The average molecular weight is 281 g/mol. The summed E-state index contributed by atoms with van der Waals surface area (Å²) in [6.45, 7) is 4.96. The van der Waals surface area contributed by atoms with Gasteiger partial charge in [-0.25, -0.2) is 4.79 Å². The molecule has 4 heteroatoms. The van der Waals surface area contributed by atoms with Gasteiger partial charge in [-0.3, -0.25) is 4.79 Å². The number of anilines is 1. The molecular weight excluding hydrogens is 266 g/mol. The van der Waals surface area contributed by atoms with Crippen LogP contribution in [0.25, 0.3) is 16.7 Å². The van der Waals surface area contributed by atoms with Crippen LogP contribution in [0.2, 0.25) is 0 Å². The molecule has 21 heavy (non-hydrogen) atoms. The highest BCUT2D eigenvalue weighted by Gasteiger charge is 2.16. The zero-order valence-electron chi connectivity index (χ0n) is 11.6. The van der Waals surface area contributed by atoms with E-state index in [0.29, 0.717) is 11.3 Å². The number of carboxylic acids is 1. The maximum atomic E-state index is 11.5. The lowest BCUT2D eigenvalue weighted by Gasteiger charge is -2.15. The van der Waals surface area contributed by atoms with Gasteiger partial charge in [0.15, 0.2) is 0 Å². The summed E-state index contributed by atoms with van der Waals surface area (Å²) < 4.78 is 0. The summed E-state index contributed by atoms with van der Waals surface area (Å²) in [4.78, 5) is 22.6. The first-order valence-corrected chi connectivity index (χ1v) is 6.39. The van der Waals surface area contributed by atoms with Crippen LogP contribution in [0.15, 0.2) is 55.1 Å². The van der Waals surface area contributed by atoms with Gasteiger partial charge in [-0.15, -0.1) is 0 Å². The number of hydrogen-bond donors (Lipinski definition) is 2. The molecule has 0 saturated carbocycles. The molecule has 2 aromatic rings. The van der Waals surface area contributed by atoms with Crippen molar-refractivity contribution in [1.82, 2.24) is 0 Å². The van der Waals surface area contributed by atoms with Crippen molar-refractivity contribution < 1.29 is 14.7 Å². The molecule has 0 heterocycles. The molecule has 4 nitrogen and oxygen atoms in total. The molecule has 0 spiro atoms. The number of amides is 1. The molecular formula is C17H15NO3. The van der Waals surface area contributed by atoms with Gasteiger partial charge in [-0.05, 0) is 5.56 Å². The van der Waals surface area contributed by atoms with Gasteiger partial charge in [0.1, 0.15) is 0 Å². The van der Waals surface area contributed by atoms with Crippen LogP contribution in [0.4, 0.5) is 5.69 Å². The molecule has 1 amide bonds. The second-order valence-electron chi connectivity index (χ2n) is 4.56. The highest BCUT2D eigenvalue weighted by Crippen LogP contribution is 2.34. The number of carboxylic acid groups (broad SMARTS) is 1. The molecule has 0 fully saturated rings. The minimum absolute atomic E-state index is 0.0588. The van der Waals surface area contributed by atoms with E-state index in [2.05, 4.69) is 11.9 Å². The molecule has 2 aromatic carbocycles. The summed E-state index contributed by atoms with van der Waals surface area (Å²) >= 11 is 0. The van der Waals surface area contributed by atoms with Gasteiger partial charge in [-0.1, -0.05) is 55.1 Å². The van der Waals surface area contributed by atoms with E-state index in [9.17, 15) is 9.59 Å². The van der Waals surface area contributed by atoms with Crippen molar-refractivity contribution in [3.63, 3.8) is 0 Å². The highest BCUT2D eigenvalue weighted by atomic mass is 16.4. The largest absolute Gasteiger partial charge is 0.478 e. The third kappa shape index (κ3) is 3.17. The number of benzene rings is 2. The summed E-state index contributed by atoms with van der Waals surface area (Å²) in [6.07, 6.45) is 0. The number of carbonyl (C=O) groups is 2. The summed E-state index contributed by atoms with van der Waals surface area (Å²) in [5.41, 5.74) is 2.45. The Hall–Kier alpha value is -2.88. The lowest BCUT2D eigenvalue weighted by molar-refractivity contribution is -0.130. The van der Waals surface area contributed by atoms with E-state index >= 15 is 0 Å². The van der Waals surface area contributed by atoms with Gasteiger partial charge < -0.3 is 10.4 Å². The van der Waals surface area contributed by atoms with Gasteiger partial charge in [0.2, 0.25) is 5.91 Å². The van der Waals surface area contributed by atoms with Crippen molar-refractivity contribution in [3.8, 4) is 11.1 Å². The summed E-state index contributed by atoms with van der Waals surface area (Å²) in [5, 5.41) is 11.9. The Morgan fingerprint density at radius 3 is 2.29 bits per heavy atom. The van der Waals surface area contributed by atoms with E-state index in [0.717, 1.165) is 11.1 Å².